The SMILES string of the molecule is CCCCS(=O)(=O)N1CCCc2cc(C(C)NC)ccc21. The second kappa shape index (κ2) is 6.79. The molecular weight excluding hydrogens is 284 g/mol. The van der Waals surface area contributed by atoms with E-state index in [-0.39, 0.29) is 11.8 Å². The minimum absolute atomic E-state index is 0.248. The summed E-state index contributed by atoms with van der Waals surface area (Å²) in [5.41, 5.74) is 3.24. The van der Waals surface area contributed by atoms with Crippen LogP contribution in [-0.4, -0.2) is 27.8 Å². The summed E-state index contributed by atoms with van der Waals surface area (Å²) < 4.78 is 26.6. The summed E-state index contributed by atoms with van der Waals surface area (Å²) in [6.07, 6.45) is 3.48. The molecule has 0 saturated heterocycles. The molecule has 1 N–H and O–H groups in total. The van der Waals surface area contributed by atoms with Crippen molar-refractivity contribution in [1.82, 2.24) is 5.32 Å². The highest BCUT2D eigenvalue weighted by Gasteiger charge is 2.27. The van der Waals surface area contributed by atoms with Crippen LogP contribution in [0.2, 0.25) is 0 Å². The Hall–Kier alpha value is -1.07. The van der Waals surface area contributed by atoms with Gasteiger partial charge in [-0.3, -0.25) is 4.31 Å². The highest BCUT2D eigenvalue weighted by Crippen LogP contribution is 2.32. The number of fused-ring (bicyclic) bond motifs is 1. The van der Waals surface area contributed by atoms with Gasteiger partial charge < -0.3 is 5.32 Å². The molecule has 1 aromatic carbocycles. The molecule has 5 heteroatoms. The van der Waals surface area contributed by atoms with E-state index in [9.17, 15) is 8.42 Å². The lowest BCUT2D eigenvalue weighted by Crippen LogP contribution is -2.37. The fraction of sp³-hybridized carbons (Fsp3) is 0.625. The Bertz CT molecular complexity index is 584. The monoisotopic (exact) mass is 310 g/mol. The summed E-state index contributed by atoms with van der Waals surface area (Å²) in [4.78, 5) is 0. The molecule has 2 rings (SSSR count). The molecule has 0 amide bonds. The second-order valence-electron chi connectivity index (χ2n) is 5.74. The van der Waals surface area contributed by atoms with Crippen LogP contribution >= 0.6 is 0 Å². The van der Waals surface area contributed by atoms with Crippen molar-refractivity contribution in [1.29, 1.82) is 0 Å². The quantitative estimate of drug-likeness (QED) is 0.879. The van der Waals surface area contributed by atoms with E-state index in [1.807, 2.05) is 26.1 Å². The van der Waals surface area contributed by atoms with E-state index < -0.39 is 10.0 Å². The highest BCUT2D eigenvalue weighted by atomic mass is 32.2. The van der Waals surface area contributed by atoms with Crippen molar-refractivity contribution in [2.45, 2.75) is 45.6 Å². The lowest BCUT2D eigenvalue weighted by atomic mass is 9.98. The van der Waals surface area contributed by atoms with Crippen molar-refractivity contribution in [3.05, 3.63) is 29.3 Å². The maximum absolute atomic E-state index is 12.5. The van der Waals surface area contributed by atoms with E-state index in [1.54, 1.807) is 4.31 Å². The Morgan fingerprint density at radius 3 is 2.81 bits per heavy atom. The lowest BCUT2D eigenvalue weighted by Gasteiger charge is -2.31. The zero-order chi connectivity index (χ0) is 15.5. The van der Waals surface area contributed by atoms with Crippen LogP contribution in [0, 0.1) is 0 Å². The number of aryl methyl sites for hydroxylation is 1. The summed E-state index contributed by atoms with van der Waals surface area (Å²) in [7, 11) is -1.24. The topological polar surface area (TPSA) is 49.4 Å². The van der Waals surface area contributed by atoms with Gasteiger partial charge in [0.2, 0.25) is 10.0 Å². The lowest BCUT2D eigenvalue weighted by molar-refractivity contribution is 0.583. The number of rotatable bonds is 6. The fourth-order valence-electron chi connectivity index (χ4n) is 2.74. The van der Waals surface area contributed by atoms with Gasteiger partial charge in [-0.25, -0.2) is 8.42 Å². The zero-order valence-electron chi connectivity index (χ0n) is 13.2. The predicted molar refractivity (Wildman–Crippen MR) is 88.3 cm³/mol. The third-order valence-corrected chi connectivity index (χ3v) is 6.06. The normalized spacial score (nSPS) is 16.6. The van der Waals surface area contributed by atoms with E-state index in [0.29, 0.717) is 6.54 Å². The third kappa shape index (κ3) is 3.58. The van der Waals surface area contributed by atoms with Crippen molar-refractivity contribution in [2.24, 2.45) is 0 Å². The molecule has 1 aromatic rings. The van der Waals surface area contributed by atoms with Gasteiger partial charge in [-0.2, -0.15) is 0 Å². The molecule has 0 fully saturated rings. The first-order valence-corrected chi connectivity index (χ1v) is 9.41. The minimum Gasteiger partial charge on any atom is -0.313 e. The van der Waals surface area contributed by atoms with Crippen molar-refractivity contribution in [3.63, 3.8) is 0 Å². The van der Waals surface area contributed by atoms with Gasteiger partial charge in [0.25, 0.3) is 0 Å². The van der Waals surface area contributed by atoms with Gasteiger partial charge in [0, 0.05) is 12.6 Å². The molecule has 4 nitrogen and oxygen atoms in total. The Labute approximate surface area is 128 Å². The van der Waals surface area contributed by atoms with Crippen LogP contribution < -0.4 is 9.62 Å². The summed E-state index contributed by atoms with van der Waals surface area (Å²) in [5, 5.41) is 3.23. The number of unbranched alkanes of at least 4 members (excludes halogenated alkanes) is 1. The Balaban J connectivity index is 2.32. The molecule has 1 aliphatic rings. The predicted octanol–water partition coefficient (Wildman–Crippen LogP) is 2.85. The molecule has 0 spiro atoms. The van der Waals surface area contributed by atoms with E-state index in [0.717, 1.165) is 36.9 Å². The van der Waals surface area contributed by atoms with E-state index in [1.165, 1.54) is 5.56 Å². The van der Waals surface area contributed by atoms with Crippen molar-refractivity contribution in [2.75, 3.05) is 23.7 Å². The molecular formula is C16H26N2O2S. The molecule has 1 unspecified atom stereocenters. The molecule has 0 bridgehead atoms. The van der Waals surface area contributed by atoms with Gasteiger partial charge >= 0.3 is 0 Å². The summed E-state index contributed by atoms with van der Waals surface area (Å²) in [6.45, 7) is 4.74. The van der Waals surface area contributed by atoms with E-state index >= 15 is 0 Å². The Morgan fingerprint density at radius 1 is 1.38 bits per heavy atom. The zero-order valence-corrected chi connectivity index (χ0v) is 14.0. The van der Waals surface area contributed by atoms with Gasteiger partial charge in [0.05, 0.1) is 11.4 Å². The standard InChI is InChI=1S/C16H26N2O2S/c1-4-5-11-21(19,20)18-10-6-7-15-12-14(13(2)17-3)8-9-16(15)18/h8-9,12-13,17H,4-7,10-11H2,1-3H3. The number of nitrogens with one attached hydrogen (secondary N) is 1. The first-order chi connectivity index (χ1) is 9.99. The first kappa shape index (κ1) is 16.3. The number of sulfonamides is 1. The molecule has 1 heterocycles. The van der Waals surface area contributed by atoms with Gasteiger partial charge in [-0.1, -0.05) is 25.5 Å². The Morgan fingerprint density at radius 2 is 2.14 bits per heavy atom. The van der Waals surface area contributed by atoms with Gasteiger partial charge in [0.15, 0.2) is 0 Å². The highest BCUT2D eigenvalue weighted by molar-refractivity contribution is 7.92. The van der Waals surface area contributed by atoms with E-state index in [2.05, 4.69) is 18.3 Å². The number of anilines is 1. The van der Waals surface area contributed by atoms with Crippen LogP contribution in [0.15, 0.2) is 18.2 Å². The second-order valence-corrected chi connectivity index (χ2v) is 7.76. The molecule has 1 atom stereocenters. The van der Waals surface area contributed by atoms with Crippen LogP contribution in [0.25, 0.3) is 0 Å². The molecule has 0 saturated carbocycles. The van der Waals surface area contributed by atoms with Crippen molar-refractivity contribution >= 4 is 15.7 Å². The largest absolute Gasteiger partial charge is 0.313 e. The average Bonchev–Trinajstić information content (AvgIpc) is 2.51. The fourth-order valence-corrected chi connectivity index (χ4v) is 4.50. The summed E-state index contributed by atoms with van der Waals surface area (Å²) in [6, 6.07) is 6.44. The number of hydrogen-bond acceptors (Lipinski definition) is 3. The van der Waals surface area contributed by atoms with Crippen LogP contribution in [0.4, 0.5) is 5.69 Å². The van der Waals surface area contributed by atoms with Crippen LogP contribution in [0.1, 0.15) is 50.3 Å². The summed E-state index contributed by atoms with van der Waals surface area (Å²) in [5.74, 6) is 0.248. The van der Waals surface area contributed by atoms with Crippen LogP contribution in [0.3, 0.4) is 0 Å². The van der Waals surface area contributed by atoms with Crippen LogP contribution in [0.5, 0.6) is 0 Å². The maximum Gasteiger partial charge on any atom is 0.235 e. The smallest absolute Gasteiger partial charge is 0.235 e. The molecule has 21 heavy (non-hydrogen) atoms. The summed E-state index contributed by atoms with van der Waals surface area (Å²) >= 11 is 0. The number of hydrogen-bond donors (Lipinski definition) is 1. The van der Waals surface area contributed by atoms with Gasteiger partial charge in [0.1, 0.15) is 0 Å². The van der Waals surface area contributed by atoms with Gasteiger partial charge in [-0.05, 0) is 50.4 Å². The number of nitrogens with zero attached hydrogens (tertiary/aromatic N) is 1. The number of benzene rings is 1. The first-order valence-electron chi connectivity index (χ1n) is 7.80. The molecule has 0 aromatic heterocycles. The van der Waals surface area contributed by atoms with Crippen molar-refractivity contribution in [3.8, 4) is 0 Å². The molecule has 0 radical (unpaired) electrons. The molecule has 1 aliphatic heterocycles. The Kier molecular flexibility index (Phi) is 5.27. The molecule has 0 aliphatic carbocycles. The van der Waals surface area contributed by atoms with Gasteiger partial charge in [-0.15, -0.1) is 0 Å². The third-order valence-electron chi connectivity index (χ3n) is 4.20. The minimum atomic E-state index is -3.18. The van der Waals surface area contributed by atoms with E-state index in [4.69, 9.17) is 0 Å². The maximum atomic E-state index is 12.5. The average molecular weight is 310 g/mol. The molecule has 118 valence electrons. The van der Waals surface area contributed by atoms with Crippen LogP contribution in [-0.2, 0) is 16.4 Å². The van der Waals surface area contributed by atoms with Crippen molar-refractivity contribution < 1.29 is 8.42 Å².